The molecule has 2 aliphatic rings. The highest BCUT2D eigenvalue weighted by molar-refractivity contribution is 4.85. The van der Waals surface area contributed by atoms with Crippen LogP contribution in [0, 0.1) is 0 Å². The molecule has 2 heteroatoms. The molecule has 1 unspecified atom stereocenters. The van der Waals surface area contributed by atoms with E-state index in [4.69, 9.17) is 0 Å². The molecule has 0 aromatic rings. The van der Waals surface area contributed by atoms with Crippen molar-refractivity contribution >= 4 is 0 Å². The predicted molar refractivity (Wildman–Crippen MR) is 97.0 cm³/mol. The van der Waals surface area contributed by atoms with Gasteiger partial charge in [0, 0.05) is 12.7 Å². The SMILES string of the molecule is C1=CCCCC(N2CCCC=CCCCNC2)CCCCC1. The van der Waals surface area contributed by atoms with E-state index in [1.165, 1.54) is 83.6 Å². The summed E-state index contributed by atoms with van der Waals surface area (Å²) in [6.45, 7) is 3.52. The van der Waals surface area contributed by atoms with Crippen molar-refractivity contribution in [3.63, 3.8) is 0 Å². The van der Waals surface area contributed by atoms with E-state index in [2.05, 4.69) is 34.5 Å². The molecule has 2 rings (SSSR count). The molecule has 1 aliphatic heterocycles. The summed E-state index contributed by atoms with van der Waals surface area (Å²) < 4.78 is 0. The summed E-state index contributed by atoms with van der Waals surface area (Å²) in [7, 11) is 0. The molecular formula is C20H36N2. The second-order valence-electron chi connectivity index (χ2n) is 6.92. The summed E-state index contributed by atoms with van der Waals surface area (Å²) in [5.41, 5.74) is 0. The van der Waals surface area contributed by atoms with Gasteiger partial charge < -0.3 is 5.32 Å². The van der Waals surface area contributed by atoms with Crippen molar-refractivity contribution in [1.29, 1.82) is 0 Å². The number of hydrogen-bond acceptors (Lipinski definition) is 2. The highest BCUT2D eigenvalue weighted by Crippen LogP contribution is 2.19. The lowest BCUT2D eigenvalue weighted by atomic mass is 10.0. The van der Waals surface area contributed by atoms with Crippen LogP contribution < -0.4 is 5.32 Å². The van der Waals surface area contributed by atoms with Gasteiger partial charge in [-0.25, -0.2) is 0 Å². The first-order valence-electron chi connectivity index (χ1n) is 9.71. The maximum atomic E-state index is 3.68. The van der Waals surface area contributed by atoms with Crippen molar-refractivity contribution in [2.45, 2.75) is 83.1 Å². The van der Waals surface area contributed by atoms with E-state index in [1.807, 2.05) is 0 Å². The summed E-state index contributed by atoms with van der Waals surface area (Å²) in [5.74, 6) is 0. The van der Waals surface area contributed by atoms with Crippen molar-refractivity contribution in [3.8, 4) is 0 Å². The van der Waals surface area contributed by atoms with Gasteiger partial charge in [-0.1, -0.05) is 37.1 Å². The second-order valence-corrected chi connectivity index (χ2v) is 6.92. The predicted octanol–water partition coefficient (Wildman–Crippen LogP) is 5.02. The van der Waals surface area contributed by atoms with Crippen LogP contribution in [0.3, 0.4) is 0 Å². The first-order valence-corrected chi connectivity index (χ1v) is 9.71. The Hall–Kier alpha value is -0.600. The Kier molecular flexibility index (Phi) is 9.60. The van der Waals surface area contributed by atoms with E-state index in [1.54, 1.807) is 0 Å². The van der Waals surface area contributed by atoms with Gasteiger partial charge in [-0.3, -0.25) is 4.90 Å². The molecule has 0 aromatic heterocycles. The van der Waals surface area contributed by atoms with Crippen molar-refractivity contribution in [2.75, 3.05) is 19.8 Å². The average Bonchev–Trinajstić information content (AvgIpc) is 2.64. The topological polar surface area (TPSA) is 15.3 Å². The van der Waals surface area contributed by atoms with Gasteiger partial charge in [0.25, 0.3) is 0 Å². The third-order valence-corrected chi connectivity index (χ3v) is 5.02. The van der Waals surface area contributed by atoms with Crippen molar-refractivity contribution in [2.24, 2.45) is 0 Å². The number of hydrogen-bond donors (Lipinski definition) is 1. The Labute approximate surface area is 138 Å². The van der Waals surface area contributed by atoms with Gasteiger partial charge in [-0.05, 0) is 77.3 Å². The van der Waals surface area contributed by atoms with E-state index in [9.17, 15) is 0 Å². The maximum Gasteiger partial charge on any atom is 0.0483 e. The fourth-order valence-corrected chi connectivity index (χ4v) is 3.64. The standard InChI is InChI=1S/C20H36N2/c1-2-4-8-12-16-20(15-11-7-3-1)22-18-14-10-6-5-9-13-17-21-19-22/h1,3,5-6,20-21H,2,4,7-19H2. The van der Waals surface area contributed by atoms with E-state index in [0.29, 0.717) is 0 Å². The fraction of sp³-hybridized carbons (Fsp3) is 0.800. The van der Waals surface area contributed by atoms with Crippen LogP contribution in [0.5, 0.6) is 0 Å². The highest BCUT2D eigenvalue weighted by atomic mass is 15.2. The molecule has 0 saturated heterocycles. The number of allylic oxidation sites excluding steroid dienone is 4. The van der Waals surface area contributed by atoms with Crippen LogP contribution in [0.2, 0.25) is 0 Å². The van der Waals surface area contributed by atoms with E-state index in [-0.39, 0.29) is 0 Å². The molecule has 1 heterocycles. The lowest BCUT2D eigenvalue weighted by Gasteiger charge is -2.32. The average molecular weight is 305 g/mol. The minimum Gasteiger partial charge on any atom is -0.304 e. The Morgan fingerprint density at radius 3 is 2.23 bits per heavy atom. The monoisotopic (exact) mass is 304 g/mol. The summed E-state index contributed by atoms with van der Waals surface area (Å²) in [5, 5.41) is 3.68. The van der Waals surface area contributed by atoms with Crippen LogP contribution in [0.1, 0.15) is 77.0 Å². The molecule has 0 bridgehead atoms. The molecule has 1 atom stereocenters. The third kappa shape index (κ3) is 7.60. The lowest BCUT2D eigenvalue weighted by Crippen LogP contribution is -2.42. The normalized spacial score (nSPS) is 27.7. The summed E-state index contributed by atoms with van der Waals surface area (Å²) in [6, 6.07) is 0.795. The smallest absolute Gasteiger partial charge is 0.0483 e. The van der Waals surface area contributed by atoms with E-state index >= 15 is 0 Å². The van der Waals surface area contributed by atoms with Crippen molar-refractivity contribution < 1.29 is 0 Å². The molecular weight excluding hydrogens is 268 g/mol. The number of rotatable bonds is 1. The molecule has 22 heavy (non-hydrogen) atoms. The van der Waals surface area contributed by atoms with E-state index < -0.39 is 0 Å². The molecule has 0 spiro atoms. The summed E-state index contributed by atoms with van der Waals surface area (Å²) in [4.78, 5) is 2.75. The van der Waals surface area contributed by atoms with Crippen LogP contribution in [0.4, 0.5) is 0 Å². The van der Waals surface area contributed by atoms with Crippen LogP contribution in [-0.2, 0) is 0 Å². The van der Waals surface area contributed by atoms with Gasteiger partial charge in [0.15, 0.2) is 0 Å². The fourth-order valence-electron chi connectivity index (χ4n) is 3.64. The zero-order valence-electron chi connectivity index (χ0n) is 14.4. The number of nitrogens with zero attached hydrogens (tertiary/aromatic N) is 1. The Bertz CT molecular complexity index is 290. The second kappa shape index (κ2) is 11.9. The van der Waals surface area contributed by atoms with Gasteiger partial charge in [0.05, 0.1) is 0 Å². The maximum absolute atomic E-state index is 3.68. The first-order chi connectivity index (χ1) is 11.0. The highest BCUT2D eigenvalue weighted by Gasteiger charge is 2.17. The third-order valence-electron chi connectivity index (χ3n) is 5.02. The number of nitrogens with one attached hydrogen (secondary N) is 1. The molecule has 0 radical (unpaired) electrons. The van der Waals surface area contributed by atoms with Gasteiger partial charge >= 0.3 is 0 Å². The molecule has 1 aliphatic carbocycles. The molecule has 1 N–H and O–H groups in total. The molecule has 2 nitrogen and oxygen atoms in total. The van der Waals surface area contributed by atoms with Crippen molar-refractivity contribution in [1.82, 2.24) is 10.2 Å². The van der Waals surface area contributed by atoms with Crippen LogP contribution in [0.25, 0.3) is 0 Å². The van der Waals surface area contributed by atoms with Gasteiger partial charge in [0.1, 0.15) is 0 Å². The Morgan fingerprint density at radius 1 is 0.682 bits per heavy atom. The Balaban J connectivity index is 1.87. The van der Waals surface area contributed by atoms with Gasteiger partial charge in [-0.2, -0.15) is 0 Å². The van der Waals surface area contributed by atoms with Crippen LogP contribution >= 0.6 is 0 Å². The minimum atomic E-state index is 0.795. The van der Waals surface area contributed by atoms with Crippen LogP contribution in [0.15, 0.2) is 24.3 Å². The zero-order valence-corrected chi connectivity index (χ0v) is 14.4. The van der Waals surface area contributed by atoms with Crippen molar-refractivity contribution in [3.05, 3.63) is 24.3 Å². The van der Waals surface area contributed by atoms with Crippen LogP contribution in [-0.4, -0.2) is 30.7 Å². The Morgan fingerprint density at radius 2 is 1.36 bits per heavy atom. The molecule has 0 fully saturated rings. The molecule has 0 aromatic carbocycles. The van der Waals surface area contributed by atoms with E-state index in [0.717, 1.165) is 19.3 Å². The molecule has 126 valence electrons. The summed E-state index contributed by atoms with van der Waals surface area (Å²) in [6.07, 6.45) is 25.6. The summed E-state index contributed by atoms with van der Waals surface area (Å²) >= 11 is 0. The zero-order chi connectivity index (χ0) is 15.3. The first kappa shape index (κ1) is 17.7. The van der Waals surface area contributed by atoms with Gasteiger partial charge in [0.2, 0.25) is 0 Å². The molecule has 0 amide bonds. The quantitative estimate of drug-likeness (QED) is 0.684. The minimum absolute atomic E-state index is 0.795. The molecule has 0 saturated carbocycles. The lowest BCUT2D eigenvalue weighted by molar-refractivity contribution is 0.157. The largest absolute Gasteiger partial charge is 0.304 e. The van der Waals surface area contributed by atoms with Gasteiger partial charge in [-0.15, -0.1) is 0 Å².